The minimum absolute atomic E-state index is 0.143. The van der Waals surface area contributed by atoms with Crippen molar-refractivity contribution in [1.29, 1.82) is 0 Å². The average molecular weight is 328 g/mol. The Morgan fingerprint density at radius 3 is 2.32 bits per heavy atom. The van der Waals surface area contributed by atoms with E-state index in [1.807, 2.05) is 12.1 Å². The maximum atomic E-state index is 11.8. The van der Waals surface area contributed by atoms with Crippen molar-refractivity contribution in [3.8, 4) is 0 Å². The molecule has 0 aliphatic rings. The van der Waals surface area contributed by atoms with Gasteiger partial charge in [-0.1, -0.05) is 23.7 Å². The summed E-state index contributed by atoms with van der Waals surface area (Å²) in [4.78, 5) is 23.5. The van der Waals surface area contributed by atoms with Crippen molar-refractivity contribution < 1.29 is 19.1 Å². The van der Waals surface area contributed by atoms with Crippen molar-refractivity contribution in [3.05, 3.63) is 34.9 Å². The van der Waals surface area contributed by atoms with E-state index in [0.29, 0.717) is 11.4 Å². The number of carbonyl (C=O) groups is 2. The Bertz CT molecular complexity index is 508. The molecule has 0 saturated carbocycles. The van der Waals surface area contributed by atoms with Gasteiger partial charge in [-0.25, -0.2) is 4.79 Å². The number of nitrogens with one attached hydrogen (secondary N) is 1. The van der Waals surface area contributed by atoms with E-state index >= 15 is 0 Å². The molecule has 1 atom stereocenters. The molecule has 0 fully saturated rings. The van der Waals surface area contributed by atoms with Crippen molar-refractivity contribution in [1.82, 2.24) is 5.32 Å². The summed E-state index contributed by atoms with van der Waals surface area (Å²) in [5.41, 5.74) is 0.354. The first-order chi connectivity index (χ1) is 10.2. The van der Waals surface area contributed by atoms with Crippen LogP contribution in [0.4, 0.5) is 4.79 Å². The van der Waals surface area contributed by atoms with Gasteiger partial charge in [0.2, 0.25) is 0 Å². The molecule has 0 unspecified atom stereocenters. The summed E-state index contributed by atoms with van der Waals surface area (Å²) in [6.45, 7) is 5.47. The van der Waals surface area contributed by atoms with Gasteiger partial charge in [-0.05, 0) is 44.9 Å². The molecule has 0 heterocycles. The summed E-state index contributed by atoms with van der Waals surface area (Å²) in [7, 11) is 1.32. The molecule has 0 aromatic heterocycles. The quantitative estimate of drug-likeness (QED) is 0.843. The molecule has 0 saturated heterocycles. The van der Waals surface area contributed by atoms with Gasteiger partial charge in [0.25, 0.3) is 0 Å². The highest BCUT2D eigenvalue weighted by Crippen LogP contribution is 2.14. The number of halogens is 1. The normalized spacial score (nSPS) is 12.4. The molecule has 1 aromatic rings. The van der Waals surface area contributed by atoms with E-state index in [4.69, 9.17) is 21.1 Å². The van der Waals surface area contributed by atoms with Crippen LogP contribution in [-0.2, 0) is 20.7 Å². The van der Waals surface area contributed by atoms with Crippen LogP contribution >= 0.6 is 11.6 Å². The summed E-state index contributed by atoms with van der Waals surface area (Å²) in [6.07, 6.45) is -0.114. The predicted octanol–water partition coefficient (Wildman–Crippen LogP) is 3.20. The fourth-order valence-corrected chi connectivity index (χ4v) is 1.96. The lowest BCUT2D eigenvalue weighted by atomic mass is 9.99. The average Bonchev–Trinajstić information content (AvgIpc) is 2.42. The van der Waals surface area contributed by atoms with Crippen molar-refractivity contribution in [2.75, 3.05) is 13.7 Å². The fraction of sp³-hybridized carbons (Fsp3) is 0.500. The molecule has 1 amide bonds. The third-order valence-electron chi connectivity index (χ3n) is 2.82. The van der Waals surface area contributed by atoms with Crippen LogP contribution in [0.5, 0.6) is 0 Å². The number of rotatable bonds is 5. The molecule has 0 bridgehead atoms. The zero-order valence-corrected chi connectivity index (χ0v) is 14.1. The number of ether oxygens (including phenoxy) is 2. The summed E-state index contributed by atoms with van der Waals surface area (Å²) in [5, 5.41) is 3.23. The van der Waals surface area contributed by atoms with Crippen molar-refractivity contribution in [2.45, 2.75) is 32.8 Å². The lowest BCUT2D eigenvalue weighted by Gasteiger charge is -2.21. The number of amides is 1. The van der Waals surface area contributed by atoms with E-state index in [0.717, 1.165) is 5.56 Å². The van der Waals surface area contributed by atoms with Crippen molar-refractivity contribution in [2.24, 2.45) is 5.92 Å². The molecule has 0 radical (unpaired) electrons. The smallest absolute Gasteiger partial charge is 0.407 e. The van der Waals surface area contributed by atoms with Gasteiger partial charge >= 0.3 is 12.1 Å². The van der Waals surface area contributed by atoms with Crippen LogP contribution in [-0.4, -0.2) is 31.3 Å². The third kappa shape index (κ3) is 6.80. The Morgan fingerprint density at radius 2 is 1.82 bits per heavy atom. The van der Waals surface area contributed by atoms with Crippen LogP contribution in [0.15, 0.2) is 24.3 Å². The first-order valence-corrected chi connectivity index (χ1v) is 7.38. The summed E-state index contributed by atoms with van der Waals surface area (Å²) < 4.78 is 9.93. The van der Waals surface area contributed by atoms with E-state index in [2.05, 4.69) is 5.32 Å². The maximum Gasteiger partial charge on any atom is 0.407 e. The molecule has 1 rings (SSSR count). The Balaban J connectivity index is 2.63. The molecular formula is C16H22ClNO4. The van der Waals surface area contributed by atoms with E-state index in [1.54, 1.807) is 32.9 Å². The lowest BCUT2D eigenvalue weighted by Crippen LogP contribution is -2.38. The van der Waals surface area contributed by atoms with E-state index in [1.165, 1.54) is 7.11 Å². The second kappa shape index (κ2) is 8.03. The fourth-order valence-electron chi connectivity index (χ4n) is 1.83. The maximum absolute atomic E-state index is 11.8. The standard InChI is InChI=1S/C16H22ClNO4/c1-16(2,3)22-15(20)18-10-12(14(19)21-4)9-11-5-7-13(17)8-6-11/h5-8,12H,9-10H2,1-4H3,(H,18,20)/t12-/m0/s1. The Kier molecular flexibility index (Phi) is 6.68. The van der Waals surface area contributed by atoms with Gasteiger partial charge in [0, 0.05) is 11.6 Å². The van der Waals surface area contributed by atoms with Gasteiger partial charge in [0.05, 0.1) is 13.0 Å². The molecule has 1 N–H and O–H groups in total. The van der Waals surface area contributed by atoms with Crippen LogP contribution in [0.3, 0.4) is 0 Å². The molecule has 122 valence electrons. The summed E-state index contributed by atoms with van der Waals surface area (Å²) in [5.74, 6) is -0.871. The number of methoxy groups -OCH3 is 1. The van der Waals surface area contributed by atoms with Gasteiger partial charge in [0.1, 0.15) is 5.60 Å². The second-order valence-electron chi connectivity index (χ2n) is 5.93. The van der Waals surface area contributed by atoms with Gasteiger partial charge < -0.3 is 14.8 Å². The zero-order valence-electron chi connectivity index (χ0n) is 13.3. The van der Waals surface area contributed by atoms with Crippen molar-refractivity contribution in [3.63, 3.8) is 0 Å². The van der Waals surface area contributed by atoms with Gasteiger partial charge in [0.15, 0.2) is 0 Å². The molecule has 5 nitrogen and oxygen atoms in total. The van der Waals surface area contributed by atoms with Gasteiger partial charge in [-0.15, -0.1) is 0 Å². The molecule has 22 heavy (non-hydrogen) atoms. The number of hydrogen-bond acceptors (Lipinski definition) is 4. The van der Waals surface area contributed by atoms with E-state index < -0.39 is 17.6 Å². The van der Waals surface area contributed by atoms with Crippen LogP contribution in [0, 0.1) is 5.92 Å². The monoisotopic (exact) mass is 327 g/mol. The summed E-state index contributed by atoms with van der Waals surface area (Å²) >= 11 is 5.84. The predicted molar refractivity (Wildman–Crippen MR) is 84.9 cm³/mol. The van der Waals surface area contributed by atoms with E-state index in [-0.39, 0.29) is 12.5 Å². The SMILES string of the molecule is COC(=O)[C@H](CNC(=O)OC(C)(C)C)Cc1ccc(Cl)cc1. The topological polar surface area (TPSA) is 64.6 Å². The van der Waals surface area contributed by atoms with Gasteiger partial charge in [-0.2, -0.15) is 0 Å². The highest BCUT2D eigenvalue weighted by molar-refractivity contribution is 6.30. The number of esters is 1. The van der Waals surface area contributed by atoms with Crippen LogP contribution in [0.25, 0.3) is 0 Å². The first-order valence-electron chi connectivity index (χ1n) is 7.00. The van der Waals surface area contributed by atoms with E-state index in [9.17, 15) is 9.59 Å². The third-order valence-corrected chi connectivity index (χ3v) is 3.07. The molecule has 0 spiro atoms. The largest absolute Gasteiger partial charge is 0.469 e. The Morgan fingerprint density at radius 1 is 1.23 bits per heavy atom. The van der Waals surface area contributed by atoms with Crippen molar-refractivity contribution >= 4 is 23.7 Å². The minimum Gasteiger partial charge on any atom is -0.469 e. The van der Waals surface area contributed by atoms with Crippen LogP contribution in [0.1, 0.15) is 26.3 Å². The zero-order chi connectivity index (χ0) is 16.8. The van der Waals surface area contributed by atoms with Crippen LogP contribution < -0.4 is 5.32 Å². The highest BCUT2D eigenvalue weighted by Gasteiger charge is 2.22. The number of carbonyl (C=O) groups excluding carboxylic acids is 2. The highest BCUT2D eigenvalue weighted by atomic mass is 35.5. The first kappa shape index (κ1) is 18.3. The Labute approximate surface area is 135 Å². The Hall–Kier alpha value is -1.75. The van der Waals surface area contributed by atoms with Crippen LogP contribution in [0.2, 0.25) is 5.02 Å². The van der Waals surface area contributed by atoms with Gasteiger partial charge in [-0.3, -0.25) is 4.79 Å². The summed E-state index contributed by atoms with van der Waals surface area (Å²) in [6, 6.07) is 7.19. The molecule has 0 aliphatic heterocycles. The number of alkyl carbamates (subject to hydrolysis) is 1. The second-order valence-corrected chi connectivity index (χ2v) is 6.37. The molecule has 6 heteroatoms. The number of benzene rings is 1. The lowest BCUT2D eigenvalue weighted by molar-refractivity contribution is -0.145. The number of hydrogen-bond donors (Lipinski definition) is 1. The molecular weight excluding hydrogens is 306 g/mol. The molecule has 0 aliphatic carbocycles. The minimum atomic E-state index is -0.582. The molecule has 1 aromatic carbocycles.